The summed E-state index contributed by atoms with van der Waals surface area (Å²) in [5.74, 6) is -3.41. The average Bonchev–Trinajstić information content (AvgIpc) is 3.23. The third-order valence-corrected chi connectivity index (χ3v) is 6.85. The van der Waals surface area contributed by atoms with Gasteiger partial charge in [-0.05, 0) is 0 Å². The predicted molar refractivity (Wildman–Crippen MR) is 116 cm³/mol. The topological polar surface area (TPSA) is 258 Å². The predicted octanol–water partition coefficient (Wildman–Crippen LogP) is -2.69. The van der Waals surface area contributed by atoms with Gasteiger partial charge in [-0.25, -0.2) is 14.1 Å². The number of carbonyl (C=O) groups excluding carboxylic acids is 2. The van der Waals surface area contributed by atoms with Crippen LogP contribution in [0.4, 0.5) is 5.13 Å². The van der Waals surface area contributed by atoms with Crippen molar-refractivity contribution in [1.82, 2.24) is 29.6 Å². The van der Waals surface area contributed by atoms with Crippen LogP contribution in [0.25, 0.3) is 0 Å². The Hall–Kier alpha value is -3.68. The normalized spacial score (nSPS) is 21.4. The number of nitrogens with one attached hydrogen (secondary N) is 1. The van der Waals surface area contributed by atoms with Crippen molar-refractivity contribution >= 4 is 50.3 Å². The van der Waals surface area contributed by atoms with E-state index in [-0.39, 0.29) is 41.1 Å². The molecule has 0 bridgehead atoms. The standard InChI is InChI=1S/C16H19N9O8S2/c17-3-7-4-19-24(22-7)5-9-11(13(27)25(9)35(30,31)32)21-12(26)10(8-6-34-15(18)20-8)23-33-16(1-2-16)14(28)29/h4,6,9,11H,1-3,5,17H2,(H2,18,20)(H,21,26)(H,28,29)(H,30,31,32)/b23-10-. The first-order valence-electron chi connectivity index (χ1n) is 9.87. The second-order valence-electron chi connectivity index (χ2n) is 7.63. The van der Waals surface area contributed by atoms with E-state index in [4.69, 9.17) is 16.3 Å². The molecule has 2 aromatic rings. The molecule has 2 aromatic heterocycles. The van der Waals surface area contributed by atoms with Gasteiger partial charge in [0.15, 0.2) is 10.8 Å². The molecule has 1 aliphatic carbocycles. The summed E-state index contributed by atoms with van der Waals surface area (Å²) < 4.78 is 33.1. The molecule has 1 saturated carbocycles. The average molecular weight is 530 g/mol. The number of rotatable bonds is 10. The minimum absolute atomic E-state index is 0.0533. The summed E-state index contributed by atoms with van der Waals surface area (Å²) in [7, 11) is -4.96. The number of carboxylic acids is 1. The van der Waals surface area contributed by atoms with Gasteiger partial charge in [-0.2, -0.15) is 23.4 Å². The molecule has 17 nitrogen and oxygen atoms in total. The quantitative estimate of drug-likeness (QED) is 0.0910. The number of hydrogen-bond donors (Lipinski definition) is 5. The number of hydrogen-bond acceptors (Lipinski definition) is 13. The number of aliphatic carboxylic acids is 1. The first kappa shape index (κ1) is 24.4. The molecule has 3 heterocycles. The Morgan fingerprint density at radius 3 is 2.63 bits per heavy atom. The molecule has 4 rings (SSSR count). The van der Waals surface area contributed by atoms with E-state index in [1.165, 1.54) is 11.6 Å². The van der Waals surface area contributed by atoms with Crippen molar-refractivity contribution in [3.63, 3.8) is 0 Å². The van der Waals surface area contributed by atoms with Gasteiger partial charge in [0.25, 0.3) is 11.8 Å². The number of amides is 2. The van der Waals surface area contributed by atoms with Gasteiger partial charge >= 0.3 is 16.3 Å². The van der Waals surface area contributed by atoms with Crippen molar-refractivity contribution in [2.45, 2.75) is 43.6 Å². The van der Waals surface area contributed by atoms with Crippen LogP contribution in [-0.2, 0) is 42.6 Å². The maximum atomic E-state index is 13.0. The number of carbonyl (C=O) groups is 3. The summed E-state index contributed by atoms with van der Waals surface area (Å²) in [4.78, 5) is 47.0. The number of thiazole rings is 1. The summed E-state index contributed by atoms with van der Waals surface area (Å²) in [6.45, 7) is -0.258. The highest BCUT2D eigenvalue weighted by molar-refractivity contribution is 7.84. The van der Waals surface area contributed by atoms with Crippen LogP contribution in [0.5, 0.6) is 0 Å². The molecule has 2 aliphatic rings. The molecule has 1 saturated heterocycles. The molecule has 7 N–H and O–H groups in total. The number of anilines is 1. The van der Waals surface area contributed by atoms with Crippen molar-refractivity contribution < 1.29 is 37.3 Å². The Balaban J connectivity index is 1.58. The van der Waals surface area contributed by atoms with Crippen LogP contribution in [-0.4, -0.2) is 83.5 Å². The first-order valence-corrected chi connectivity index (χ1v) is 12.1. The largest absolute Gasteiger partial charge is 0.478 e. The van der Waals surface area contributed by atoms with Crippen LogP contribution >= 0.6 is 11.3 Å². The van der Waals surface area contributed by atoms with Crippen molar-refractivity contribution in [2.75, 3.05) is 5.73 Å². The molecule has 2 amide bonds. The summed E-state index contributed by atoms with van der Waals surface area (Å²) in [5, 5.41) is 24.6. The fourth-order valence-electron chi connectivity index (χ4n) is 3.22. The second kappa shape index (κ2) is 8.83. The van der Waals surface area contributed by atoms with Gasteiger partial charge < -0.3 is 26.7 Å². The number of aromatic nitrogens is 4. The summed E-state index contributed by atoms with van der Waals surface area (Å²) in [6, 6.07) is -2.73. The SMILES string of the molecule is NCc1cnn(CC2C(NC(=O)/C(=N\OC3(C(=O)O)CC3)c3csc(N)n3)C(=O)N2S(=O)(=O)O)n1. The van der Waals surface area contributed by atoms with Crippen molar-refractivity contribution in [3.8, 4) is 0 Å². The highest BCUT2D eigenvalue weighted by Gasteiger charge is 2.56. The van der Waals surface area contributed by atoms with Crippen LogP contribution in [0.15, 0.2) is 16.7 Å². The number of β-lactam (4-membered cyclic amide) rings is 1. The third kappa shape index (κ3) is 4.78. The summed E-state index contributed by atoms with van der Waals surface area (Å²) >= 11 is 0.971. The highest BCUT2D eigenvalue weighted by Crippen LogP contribution is 2.40. The molecule has 0 spiro atoms. The van der Waals surface area contributed by atoms with Crippen LogP contribution in [0, 0.1) is 0 Å². The van der Waals surface area contributed by atoms with E-state index in [1.807, 2.05) is 0 Å². The molecule has 2 unspecified atom stereocenters. The zero-order valence-electron chi connectivity index (χ0n) is 17.6. The molecule has 19 heteroatoms. The van der Waals surface area contributed by atoms with Crippen LogP contribution < -0.4 is 16.8 Å². The van der Waals surface area contributed by atoms with Crippen molar-refractivity contribution in [3.05, 3.63) is 23.0 Å². The highest BCUT2D eigenvalue weighted by atomic mass is 32.2. The lowest BCUT2D eigenvalue weighted by Crippen LogP contribution is -2.73. The number of nitrogens with zero attached hydrogens (tertiary/aromatic N) is 6. The molecule has 0 aromatic carbocycles. The molecule has 0 radical (unpaired) electrons. The maximum absolute atomic E-state index is 13.0. The zero-order chi connectivity index (χ0) is 25.5. The Morgan fingerprint density at radius 2 is 2.11 bits per heavy atom. The Labute approximate surface area is 200 Å². The minimum atomic E-state index is -4.96. The third-order valence-electron chi connectivity index (χ3n) is 5.23. The van der Waals surface area contributed by atoms with Crippen LogP contribution in [0.3, 0.4) is 0 Å². The lowest BCUT2D eigenvalue weighted by Gasteiger charge is -2.43. The number of oxime groups is 1. The van der Waals surface area contributed by atoms with E-state index in [2.05, 4.69) is 25.7 Å². The molecule has 35 heavy (non-hydrogen) atoms. The van der Waals surface area contributed by atoms with E-state index < -0.39 is 51.5 Å². The van der Waals surface area contributed by atoms with Gasteiger partial charge in [-0.1, -0.05) is 5.16 Å². The fourth-order valence-corrected chi connectivity index (χ4v) is 4.64. The van der Waals surface area contributed by atoms with Crippen LogP contribution in [0.2, 0.25) is 0 Å². The number of carboxylic acid groups (broad SMARTS) is 1. The Kier molecular flexibility index (Phi) is 6.17. The van der Waals surface area contributed by atoms with Gasteiger partial charge in [-0.15, -0.1) is 11.3 Å². The van der Waals surface area contributed by atoms with E-state index >= 15 is 0 Å². The lowest BCUT2D eigenvalue weighted by molar-refractivity contribution is -0.153. The minimum Gasteiger partial charge on any atom is -0.478 e. The maximum Gasteiger partial charge on any atom is 0.362 e. The van der Waals surface area contributed by atoms with Crippen molar-refractivity contribution in [1.29, 1.82) is 0 Å². The molecule has 2 atom stereocenters. The van der Waals surface area contributed by atoms with E-state index in [1.54, 1.807) is 0 Å². The van der Waals surface area contributed by atoms with Crippen LogP contribution in [0.1, 0.15) is 24.2 Å². The summed E-state index contributed by atoms with van der Waals surface area (Å²) in [5.41, 5.74) is 9.36. The number of nitrogen functional groups attached to an aromatic ring is 1. The zero-order valence-corrected chi connectivity index (χ0v) is 19.3. The van der Waals surface area contributed by atoms with E-state index in [0.29, 0.717) is 5.69 Å². The van der Waals surface area contributed by atoms with E-state index in [0.717, 1.165) is 16.1 Å². The monoisotopic (exact) mass is 529 g/mol. The van der Waals surface area contributed by atoms with Gasteiger partial charge in [-0.3, -0.25) is 14.1 Å². The molecule has 2 fully saturated rings. The Morgan fingerprint density at radius 1 is 1.40 bits per heavy atom. The van der Waals surface area contributed by atoms with Gasteiger partial charge in [0.05, 0.1) is 18.4 Å². The molecule has 1 aliphatic heterocycles. The van der Waals surface area contributed by atoms with E-state index in [9.17, 15) is 32.5 Å². The number of nitrogens with two attached hydrogens (primary N) is 2. The lowest BCUT2D eigenvalue weighted by atomic mass is 9.98. The second-order valence-corrected chi connectivity index (χ2v) is 9.81. The Bertz CT molecular complexity index is 1320. The first-order chi connectivity index (χ1) is 16.4. The fraction of sp³-hybridized carbons (Fsp3) is 0.438. The van der Waals surface area contributed by atoms with Gasteiger partial charge in [0.2, 0.25) is 5.60 Å². The summed E-state index contributed by atoms with van der Waals surface area (Å²) in [6.07, 6.45) is 1.68. The molecule has 188 valence electrons. The smallest absolute Gasteiger partial charge is 0.362 e. The molecular weight excluding hydrogens is 510 g/mol. The van der Waals surface area contributed by atoms with Gasteiger partial charge in [0.1, 0.15) is 17.8 Å². The molecular formula is C16H19N9O8S2. The van der Waals surface area contributed by atoms with Crippen molar-refractivity contribution in [2.24, 2.45) is 10.9 Å². The van der Waals surface area contributed by atoms with Gasteiger partial charge in [0, 0.05) is 24.8 Å².